The largest absolute Gasteiger partial charge is 0.467 e. The molecule has 1 aromatic heterocycles. The molecule has 0 bridgehead atoms. The predicted molar refractivity (Wildman–Crippen MR) is 65.2 cm³/mol. The zero-order valence-electron chi connectivity index (χ0n) is 10.2. The van der Waals surface area contributed by atoms with E-state index in [1.165, 1.54) is 6.42 Å². The van der Waals surface area contributed by atoms with Crippen molar-refractivity contribution < 1.29 is 9.21 Å². The summed E-state index contributed by atoms with van der Waals surface area (Å²) in [6.45, 7) is 2.53. The molecule has 3 N–H and O–H groups in total. The van der Waals surface area contributed by atoms with Crippen LogP contribution in [0.25, 0.3) is 0 Å². The lowest BCUT2D eigenvalue weighted by molar-refractivity contribution is -0.125. The number of hydrogen-bond donors (Lipinski definition) is 2. The molecule has 1 heterocycles. The van der Waals surface area contributed by atoms with Crippen molar-refractivity contribution in [1.82, 2.24) is 5.32 Å². The van der Waals surface area contributed by atoms with Gasteiger partial charge in [-0.15, -0.1) is 0 Å². The van der Waals surface area contributed by atoms with E-state index in [4.69, 9.17) is 10.2 Å². The Hall–Kier alpha value is -1.29. The van der Waals surface area contributed by atoms with E-state index in [0.717, 1.165) is 18.6 Å². The summed E-state index contributed by atoms with van der Waals surface area (Å²) in [5.41, 5.74) is 5.81. The van der Waals surface area contributed by atoms with E-state index in [1.54, 1.807) is 6.26 Å². The van der Waals surface area contributed by atoms with E-state index in [0.29, 0.717) is 13.0 Å². The van der Waals surface area contributed by atoms with Gasteiger partial charge in [-0.1, -0.05) is 6.42 Å². The summed E-state index contributed by atoms with van der Waals surface area (Å²) in [7, 11) is 0. The maximum atomic E-state index is 11.9. The monoisotopic (exact) mass is 236 g/mol. The Kier molecular flexibility index (Phi) is 3.52. The number of carbonyl (C=O) groups is 1. The maximum absolute atomic E-state index is 11.9. The van der Waals surface area contributed by atoms with E-state index in [9.17, 15) is 4.79 Å². The van der Waals surface area contributed by atoms with Gasteiger partial charge in [-0.3, -0.25) is 4.79 Å². The number of rotatable bonds is 5. The summed E-state index contributed by atoms with van der Waals surface area (Å²) < 4.78 is 5.25. The molecular formula is C13H20N2O2. The summed E-state index contributed by atoms with van der Waals surface area (Å²) in [5.74, 6) is 0.854. The maximum Gasteiger partial charge on any atom is 0.221 e. The minimum atomic E-state index is -0.0765. The van der Waals surface area contributed by atoms with E-state index in [1.807, 2.05) is 19.1 Å². The smallest absolute Gasteiger partial charge is 0.221 e. The van der Waals surface area contributed by atoms with Crippen molar-refractivity contribution in [3.63, 3.8) is 0 Å². The van der Waals surface area contributed by atoms with Crippen LogP contribution >= 0.6 is 0 Å². The summed E-state index contributed by atoms with van der Waals surface area (Å²) >= 11 is 0. The first-order chi connectivity index (χ1) is 8.15. The third-order valence-corrected chi connectivity index (χ3v) is 3.73. The predicted octanol–water partition coefficient (Wildman–Crippen LogP) is 1.98. The first kappa shape index (κ1) is 12.2. The van der Waals surface area contributed by atoms with Crippen molar-refractivity contribution >= 4 is 5.91 Å². The molecule has 0 unspecified atom stereocenters. The Balaban J connectivity index is 1.85. The van der Waals surface area contributed by atoms with Gasteiger partial charge < -0.3 is 15.5 Å². The van der Waals surface area contributed by atoms with Crippen molar-refractivity contribution in [1.29, 1.82) is 0 Å². The van der Waals surface area contributed by atoms with Gasteiger partial charge in [0.2, 0.25) is 5.91 Å². The number of amides is 1. The molecule has 4 nitrogen and oxygen atoms in total. The molecule has 0 aromatic carbocycles. The van der Waals surface area contributed by atoms with Crippen LogP contribution in [0.5, 0.6) is 0 Å². The van der Waals surface area contributed by atoms with Crippen LogP contribution in [0.15, 0.2) is 22.8 Å². The molecule has 0 saturated heterocycles. The summed E-state index contributed by atoms with van der Waals surface area (Å²) in [4.78, 5) is 11.9. The number of carbonyl (C=O) groups excluding carboxylic acids is 1. The van der Waals surface area contributed by atoms with Crippen LogP contribution in [0, 0.1) is 5.41 Å². The molecular weight excluding hydrogens is 216 g/mol. The molecule has 1 amide bonds. The van der Waals surface area contributed by atoms with Crippen LogP contribution < -0.4 is 11.1 Å². The molecule has 0 spiro atoms. The highest BCUT2D eigenvalue weighted by atomic mass is 16.3. The third kappa shape index (κ3) is 2.69. The summed E-state index contributed by atoms with van der Waals surface area (Å²) in [5, 5.41) is 2.95. The van der Waals surface area contributed by atoms with E-state index in [-0.39, 0.29) is 17.4 Å². The van der Waals surface area contributed by atoms with Gasteiger partial charge in [-0.25, -0.2) is 0 Å². The fourth-order valence-corrected chi connectivity index (χ4v) is 2.37. The highest BCUT2D eigenvalue weighted by Crippen LogP contribution is 2.42. The third-order valence-electron chi connectivity index (χ3n) is 3.73. The molecule has 17 heavy (non-hydrogen) atoms. The van der Waals surface area contributed by atoms with Crippen molar-refractivity contribution in [2.75, 3.05) is 6.54 Å². The van der Waals surface area contributed by atoms with Crippen LogP contribution in [0.3, 0.4) is 0 Å². The Bertz CT molecular complexity index is 363. The highest BCUT2D eigenvalue weighted by Gasteiger charge is 2.37. The van der Waals surface area contributed by atoms with Gasteiger partial charge in [0.05, 0.1) is 12.3 Å². The zero-order chi connectivity index (χ0) is 12.3. The molecule has 1 atom stereocenters. The zero-order valence-corrected chi connectivity index (χ0v) is 10.2. The normalized spacial score (nSPS) is 19.4. The van der Waals surface area contributed by atoms with Gasteiger partial charge in [0, 0.05) is 6.42 Å². The van der Waals surface area contributed by atoms with E-state index >= 15 is 0 Å². The second-order valence-electron chi connectivity index (χ2n) is 5.04. The van der Waals surface area contributed by atoms with Crippen molar-refractivity contribution in [3.8, 4) is 0 Å². The van der Waals surface area contributed by atoms with Crippen LogP contribution in [0.4, 0.5) is 0 Å². The van der Waals surface area contributed by atoms with E-state index in [2.05, 4.69) is 5.32 Å². The Morgan fingerprint density at radius 3 is 2.88 bits per heavy atom. The molecule has 1 saturated carbocycles. The standard InChI is InChI=1S/C13H20N2O2/c1-10(11-4-2-7-17-11)15-12(16)8-13(9-14)5-3-6-13/h2,4,7,10H,3,5-6,8-9,14H2,1H3,(H,15,16)/t10-/m0/s1. The Morgan fingerprint density at radius 2 is 2.41 bits per heavy atom. The molecule has 1 aliphatic carbocycles. The van der Waals surface area contributed by atoms with Gasteiger partial charge in [0.15, 0.2) is 0 Å². The van der Waals surface area contributed by atoms with Gasteiger partial charge in [-0.05, 0) is 43.9 Å². The van der Waals surface area contributed by atoms with Gasteiger partial charge >= 0.3 is 0 Å². The average molecular weight is 236 g/mol. The summed E-state index contributed by atoms with van der Waals surface area (Å²) in [6, 6.07) is 3.62. The van der Waals surface area contributed by atoms with Crippen molar-refractivity contribution in [2.45, 2.75) is 38.6 Å². The number of furan rings is 1. The molecule has 1 fully saturated rings. The quantitative estimate of drug-likeness (QED) is 0.821. The minimum absolute atomic E-state index is 0.0625. The van der Waals surface area contributed by atoms with Gasteiger partial charge in [0.25, 0.3) is 0 Å². The number of nitrogens with two attached hydrogens (primary N) is 1. The molecule has 4 heteroatoms. The topological polar surface area (TPSA) is 68.3 Å². The van der Waals surface area contributed by atoms with Crippen LogP contribution in [-0.4, -0.2) is 12.5 Å². The van der Waals surface area contributed by atoms with Crippen LogP contribution in [0.2, 0.25) is 0 Å². The molecule has 94 valence electrons. The lowest BCUT2D eigenvalue weighted by Crippen LogP contribution is -2.42. The first-order valence-electron chi connectivity index (χ1n) is 6.18. The highest BCUT2D eigenvalue weighted by molar-refractivity contribution is 5.77. The lowest BCUT2D eigenvalue weighted by Gasteiger charge is -2.40. The number of nitrogens with one attached hydrogen (secondary N) is 1. The Morgan fingerprint density at radius 1 is 1.65 bits per heavy atom. The second-order valence-corrected chi connectivity index (χ2v) is 5.04. The Labute approximate surface area is 102 Å². The molecule has 0 radical (unpaired) electrons. The summed E-state index contributed by atoms with van der Waals surface area (Å²) in [6.07, 6.45) is 5.50. The molecule has 0 aliphatic heterocycles. The fraction of sp³-hybridized carbons (Fsp3) is 0.615. The lowest BCUT2D eigenvalue weighted by atomic mass is 9.66. The van der Waals surface area contributed by atoms with Gasteiger partial charge in [-0.2, -0.15) is 0 Å². The minimum Gasteiger partial charge on any atom is -0.467 e. The van der Waals surface area contributed by atoms with Crippen molar-refractivity contribution in [3.05, 3.63) is 24.2 Å². The fourth-order valence-electron chi connectivity index (χ4n) is 2.37. The molecule has 2 rings (SSSR count). The molecule has 1 aromatic rings. The average Bonchev–Trinajstić information content (AvgIpc) is 2.76. The van der Waals surface area contributed by atoms with Crippen LogP contribution in [0.1, 0.15) is 44.4 Å². The van der Waals surface area contributed by atoms with Crippen molar-refractivity contribution in [2.24, 2.45) is 11.1 Å². The van der Waals surface area contributed by atoms with E-state index < -0.39 is 0 Å². The SMILES string of the molecule is C[C@H](NC(=O)CC1(CN)CCC1)c1ccco1. The van der Waals surface area contributed by atoms with Gasteiger partial charge in [0.1, 0.15) is 5.76 Å². The number of hydrogen-bond acceptors (Lipinski definition) is 3. The first-order valence-corrected chi connectivity index (χ1v) is 6.18. The molecule has 1 aliphatic rings. The van der Waals surface area contributed by atoms with Crippen LogP contribution in [-0.2, 0) is 4.79 Å². The second kappa shape index (κ2) is 4.92.